The Kier molecular flexibility index (Phi) is 5.92. The van der Waals surface area contributed by atoms with Crippen molar-refractivity contribution < 1.29 is 14.1 Å². The number of benzene rings is 1. The first-order valence-corrected chi connectivity index (χ1v) is 10.5. The summed E-state index contributed by atoms with van der Waals surface area (Å²) in [7, 11) is 1.80. The van der Waals surface area contributed by atoms with Gasteiger partial charge in [-0.3, -0.25) is 9.59 Å². The molecule has 0 spiro atoms. The van der Waals surface area contributed by atoms with E-state index >= 15 is 0 Å². The molecule has 1 unspecified atom stereocenters. The van der Waals surface area contributed by atoms with Crippen LogP contribution in [0, 0.1) is 5.92 Å². The summed E-state index contributed by atoms with van der Waals surface area (Å²) in [4.78, 5) is 33.2. The summed E-state index contributed by atoms with van der Waals surface area (Å²) in [6.07, 6.45) is 5.71. The minimum atomic E-state index is -0.0861. The molecule has 2 aromatic rings. The van der Waals surface area contributed by atoms with Crippen LogP contribution >= 0.6 is 0 Å². The van der Waals surface area contributed by atoms with Crippen LogP contribution in [0.4, 0.5) is 0 Å². The molecule has 4 rings (SSSR count). The minimum Gasteiger partial charge on any atom is -0.341 e. The molecule has 1 saturated carbocycles. The molecule has 1 aromatic heterocycles. The van der Waals surface area contributed by atoms with Gasteiger partial charge in [0, 0.05) is 38.9 Å². The summed E-state index contributed by atoms with van der Waals surface area (Å²) >= 11 is 0. The van der Waals surface area contributed by atoms with Crippen molar-refractivity contribution in [2.45, 2.75) is 57.5 Å². The van der Waals surface area contributed by atoms with Crippen LogP contribution < -0.4 is 0 Å². The molecule has 2 amide bonds. The Balaban J connectivity index is 1.31. The summed E-state index contributed by atoms with van der Waals surface area (Å²) in [6.45, 7) is 1.35. The lowest BCUT2D eigenvalue weighted by Gasteiger charge is -2.31. The number of carbonyl (C=O) groups is 2. The second kappa shape index (κ2) is 8.76. The van der Waals surface area contributed by atoms with Crippen molar-refractivity contribution in [1.82, 2.24) is 19.9 Å². The lowest BCUT2D eigenvalue weighted by molar-refractivity contribution is -0.139. The van der Waals surface area contributed by atoms with Gasteiger partial charge in [0.25, 0.3) is 0 Å². The van der Waals surface area contributed by atoms with Crippen LogP contribution in [0.5, 0.6) is 0 Å². The molecule has 0 N–H and O–H groups in total. The number of rotatable bonds is 7. The average molecular weight is 396 g/mol. The van der Waals surface area contributed by atoms with Crippen molar-refractivity contribution >= 4 is 11.8 Å². The number of likely N-dealkylation sites (tertiary alicyclic amines) is 1. The van der Waals surface area contributed by atoms with E-state index in [2.05, 4.69) is 10.1 Å². The van der Waals surface area contributed by atoms with Crippen LogP contribution in [0.1, 0.15) is 61.8 Å². The van der Waals surface area contributed by atoms with E-state index in [1.165, 1.54) is 0 Å². The van der Waals surface area contributed by atoms with Gasteiger partial charge in [-0.2, -0.15) is 4.98 Å². The molecular weight excluding hydrogens is 368 g/mol. The van der Waals surface area contributed by atoms with E-state index in [0.29, 0.717) is 31.1 Å². The summed E-state index contributed by atoms with van der Waals surface area (Å²) < 4.78 is 5.38. The Hall–Kier alpha value is -2.70. The summed E-state index contributed by atoms with van der Waals surface area (Å²) in [6, 6.07) is 9.82. The Morgan fingerprint density at radius 1 is 1.17 bits per heavy atom. The van der Waals surface area contributed by atoms with E-state index < -0.39 is 0 Å². The number of hydrogen-bond acceptors (Lipinski definition) is 5. The zero-order valence-corrected chi connectivity index (χ0v) is 16.9. The fraction of sp³-hybridized carbons (Fsp3) is 0.545. The molecule has 154 valence electrons. The second-order valence-electron chi connectivity index (χ2n) is 8.10. The van der Waals surface area contributed by atoms with Crippen molar-refractivity contribution in [2.75, 3.05) is 13.6 Å². The fourth-order valence-electron chi connectivity index (χ4n) is 4.04. The predicted molar refractivity (Wildman–Crippen MR) is 107 cm³/mol. The highest BCUT2D eigenvalue weighted by atomic mass is 16.5. The van der Waals surface area contributed by atoms with Gasteiger partial charge in [-0.15, -0.1) is 0 Å². The van der Waals surface area contributed by atoms with Crippen molar-refractivity contribution in [1.29, 1.82) is 0 Å². The quantitative estimate of drug-likeness (QED) is 0.718. The predicted octanol–water partition coefficient (Wildman–Crippen LogP) is 3.12. The third-order valence-electron chi connectivity index (χ3n) is 6.01. The molecular formula is C22H28N4O3. The second-order valence-corrected chi connectivity index (χ2v) is 8.10. The largest absolute Gasteiger partial charge is 0.341 e. The molecule has 2 heterocycles. The van der Waals surface area contributed by atoms with Crippen LogP contribution in [0.15, 0.2) is 34.9 Å². The first kappa shape index (κ1) is 19.6. The van der Waals surface area contributed by atoms with E-state index in [4.69, 9.17) is 4.52 Å². The van der Waals surface area contributed by atoms with Gasteiger partial charge in [-0.25, -0.2) is 0 Å². The highest BCUT2D eigenvalue weighted by Gasteiger charge is 2.38. The number of hydrogen-bond donors (Lipinski definition) is 0. The molecule has 1 aliphatic carbocycles. The van der Waals surface area contributed by atoms with Gasteiger partial charge < -0.3 is 14.3 Å². The van der Waals surface area contributed by atoms with Gasteiger partial charge in [0.05, 0.1) is 6.04 Å². The molecule has 7 nitrogen and oxygen atoms in total. The van der Waals surface area contributed by atoms with E-state index in [-0.39, 0.29) is 23.8 Å². The maximum absolute atomic E-state index is 12.6. The van der Waals surface area contributed by atoms with Crippen molar-refractivity contribution in [3.05, 3.63) is 47.6 Å². The first-order chi connectivity index (χ1) is 14.1. The number of nitrogens with zero attached hydrogens (tertiary/aromatic N) is 4. The van der Waals surface area contributed by atoms with E-state index in [9.17, 15) is 9.59 Å². The zero-order chi connectivity index (χ0) is 20.2. The Labute approximate surface area is 171 Å². The third kappa shape index (κ3) is 4.49. The van der Waals surface area contributed by atoms with Gasteiger partial charge >= 0.3 is 0 Å². The third-order valence-corrected chi connectivity index (χ3v) is 6.01. The lowest BCUT2D eigenvalue weighted by atomic mass is 9.84. The minimum absolute atomic E-state index is 0.0382. The molecule has 1 saturated heterocycles. The maximum Gasteiger partial charge on any atom is 0.227 e. The molecule has 1 aromatic carbocycles. The van der Waals surface area contributed by atoms with Crippen LogP contribution in [-0.2, 0) is 22.6 Å². The molecule has 7 heteroatoms. The van der Waals surface area contributed by atoms with E-state index in [1.54, 1.807) is 11.9 Å². The van der Waals surface area contributed by atoms with E-state index in [1.807, 2.05) is 35.2 Å². The van der Waals surface area contributed by atoms with Gasteiger partial charge in [0.1, 0.15) is 0 Å². The molecule has 0 bridgehead atoms. The van der Waals surface area contributed by atoms with Crippen molar-refractivity contribution in [3.8, 4) is 0 Å². The number of amides is 2. The smallest absolute Gasteiger partial charge is 0.227 e. The molecule has 0 radical (unpaired) electrons. The Morgan fingerprint density at radius 3 is 2.69 bits per heavy atom. The Morgan fingerprint density at radius 2 is 1.97 bits per heavy atom. The van der Waals surface area contributed by atoms with Crippen LogP contribution in [0.2, 0.25) is 0 Å². The van der Waals surface area contributed by atoms with Gasteiger partial charge in [-0.1, -0.05) is 41.9 Å². The SMILES string of the molecule is CN(Cc1ccccc1)C(=O)CCc1nc(C2CCCN2C(=O)C2CCC2)no1. The van der Waals surface area contributed by atoms with Crippen LogP contribution in [-0.4, -0.2) is 45.3 Å². The van der Waals surface area contributed by atoms with Crippen molar-refractivity contribution in [3.63, 3.8) is 0 Å². The normalized spacial score (nSPS) is 19.2. The summed E-state index contributed by atoms with van der Waals surface area (Å²) in [5, 5.41) is 4.12. The summed E-state index contributed by atoms with van der Waals surface area (Å²) in [5.41, 5.74) is 1.10. The number of aromatic nitrogens is 2. The summed E-state index contributed by atoms with van der Waals surface area (Å²) in [5.74, 6) is 1.50. The topological polar surface area (TPSA) is 79.5 Å². The van der Waals surface area contributed by atoms with Crippen LogP contribution in [0.3, 0.4) is 0 Å². The van der Waals surface area contributed by atoms with Gasteiger partial charge in [0.15, 0.2) is 5.82 Å². The molecule has 2 aliphatic rings. The van der Waals surface area contributed by atoms with Gasteiger partial charge in [0.2, 0.25) is 17.7 Å². The van der Waals surface area contributed by atoms with Crippen molar-refractivity contribution in [2.24, 2.45) is 5.92 Å². The van der Waals surface area contributed by atoms with Crippen LogP contribution in [0.25, 0.3) is 0 Å². The monoisotopic (exact) mass is 396 g/mol. The average Bonchev–Trinajstić information content (AvgIpc) is 3.34. The lowest BCUT2D eigenvalue weighted by Crippen LogP contribution is -2.38. The maximum atomic E-state index is 12.6. The highest BCUT2D eigenvalue weighted by molar-refractivity contribution is 5.80. The molecule has 29 heavy (non-hydrogen) atoms. The molecule has 2 fully saturated rings. The number of aryl methyl sites for hydroxylation is 1. The standard InChI is InChI=1S/C22H28N4O3/c1-25(15-16-7-3-2-4-8-16)20(27)13-12-19-23-21(24-29-19)18-11-6-14-26(18)22(28)17-9-5-10-17/h2-4,7-8,17-18H,5-6,9-15H2,1H3. The Bertz CT molecular complexity index is 847. The fourth-order valence-corrected chi connectivity index (χ4v) is 4.04. The highest BCUT2D eigenvalue weighted by Crippen LogP contribution is 2.36. The molecule has 1 atom stereocenters. The van der Waals surface area contributed by atoms with Gasteiger partial charge in [-0.05, 0) is 31.2 Å². The number of carbonyl (C=O) groups excluding carboxylic acids is 2. The zero-order valence-electron chi connectivity index (χ0n) is 16.9. The molecule has 1 aliphatic heterocycles. The van der Waals surface area contributed by atoms with E-state index in [0.717, 1.165) is 44.2 Å². The first-order valence-electron chi connectivity index (χ1n) is 10.5.